The molecule has 1 aromatic rings. The second kappa shape index (κ2) is 2.93. The molecule has 1 atom stereocenters. The molecule has 1 fully saturated rings. The lowest BCUT2D eigenvalue weighted by Crippen LogP contribution is -2.45. The van der Waals surface area contributed by atoms with Gasteiger partial charge in [-0.2, -0.15) is 0 Å². The Labute approximate surface area is 85.9 Å². The van der Waals surface area contributed by atoms with Gasteiger partial charge in [0.1, 0.15) is 5.69 Å². The Hall–Kier alpha value is -1.62. The van der Waals surface area contributed by atoms with Crippen molar-refractivity contribution in [2.75, 3.05) is 13.2 Å². The van der Waals surface area contributed by atoms with Crippen LogP contribution >= 0.6 is 0 Å². The first-order chi connectivity index (χ1) is 7.25. The molecule has 1 saturated heterocycles. The zero-order valence-electron chi connectivity index (χ0n) is 8.05. The largest absolute Gasteiger partial charge is 0.355 e. The monoisotopic (exact) mass is 206 g/mol. The molecular weight excluding hydrogens is 196 g/mol. The first-order valence-corrected chi connectivity index (χ1v) is 4.89. The Bertz CT molecular complexity index is 480. The standard InChI is InChI=1S/C10H10N2O3/c13-7-1-2-11-6-9-12(3-4-15-9)10(14)8(11)5-7/h1-2,5,9H,3-4,6H2. The van der Waals surface area contributed by atoms with E-state index >= 15 is 0 Å². The molecule has 0 bridgehead atoms. The quantitative estimate of drug-likeness (QED) is 0.583. The molecule has 0 aliphatic carbocycles. The maximum atomic E-state index is 11.9. The Balaban J connectivity index is 2.12. The summed E-state index contributed by atoms with van der Waals surface area (Å²) in [5.74, 6) is -0.110. The number of pyridine rings is 1. The highest BCUT2D eigenvalue weighted by molar-refractivity contribution is 5.93. The van der Waals surface area contributed by atoms with Gasteiger partial charge < -0.3 is 14.2 Å². The molecule has 1 amide bonds. The van der Waals surface area contributed by atoms with Crippen molar-refractivity contribution in [3.05, 3.63) is 34.2 Å². The minimum atomic E-state index is -0.160. The van der Waals surface area contributed by atoms with Gasteiger partial charge in [0, 0.05) is 24.9 Å². The minimum absolute atomic E-state index is 0.110. The third kappa shape index (κ3) is 1.20. The number of ether oxygens (including phenoxy) is 1. The van der Waals surface area contributed by atoms with Crippen LogP contribution in [0.4, 0.5) is 0 Å². The average molecular weight is 206 g/mol. The number of hydrogen-bond acceptors (Lipinski definition) is 3. The Morgan fingerprint density at radius 2 is 2.27 bits per heavy atom. The normalized spacial score (nSPS) is 23.9. The van der Waals surface area contributed by atoms with Gasteiger partial charge in [-0.3, -0.25) is 9.59 Å². The van der Waals surface area contributed by atoms with Crippen molar-refractivity contribution in [1.29, 1.82) is 0 Å². The molecule has 5 nitrogen and oxygen atoms in total. The first-order valence-electron chi connectivity index (χ1n) is 4.89. The van der Waals surface area contributed by atoms with Crippen LogP contribution in [-0.4, -0.2) is 34.8 Å². The van der Waals surface area contributed by atoms with Crippen molar-refractivity contribution in [3.63, 3.8) is 0 Å². The summed E-state index contributed by atoms with van der Waals surface area (Å²) in [6.07, 6.45) is 1.49. The number of hydrogen-bond donors (Lipinski definition) is 0. The lowest BCUT2D eigenvalue weighted by Gasteiger charge is -2.30. The Kier molecular flexibility index (Phi) is 1.70. The van der Waals surface area contributed by atoms with Gasteiger partial charge >= 0.3 is 0 Å². The second-order valence-corrected chi connectivity index (χ2v) is 3.72. The van der Waals surface area contributed by atoms with Gasteiger partial charge in [0.25, 0.3) is 5.91 Å². The van der Waals surface area contributed by atoms with Crippen molar-refractivity contribution in [3.8, 4) is 0 Å². The van der Waals surface area contributed by atoms with Crippen LogP contribution in [0.25, 0.3) is 0 Å². The number of fused-ring (bicyclic) bond motifs is 2. The van der Waals surface area contributed by atoms with Crippen LogP contribution in [0.1, 0.15) is 10.5 Å². The highest BCUT2D eigenvalue weighted by Crippen LogP contribution is 2.20. The van der Waals surface area contributed by atoms with Crippen molar-refractivity contribution in [2.45, 2.75) is 12.8 Å². The fourth-order valence-electron chi connectivity index (χ4n) is 2.07. The Morgan fingerprint density at radius 3 is 3.13 bits per heavy atom. The number of carbonyl (C=O) groups is 1. The molecule has 1 aromatic heterocycles. The summed E-state index contributed by atoms with van der Waals surface area (Å²) < 4.78 is 7.19. The summed E-state index contributed by atoms with van der Waals surface area (Å²) in [5, 5.41) is 0. The van der Waals surface area contributed by atoms with Gasteiger partial charge in [-0.05, 0) is 0 Å². The van der Waals surface area contributed by atoms with E-state index in [1.807, 2.05) is 0 Å². The fraction of sp³-hybridized carbons (Fsp3) is 0.400. The third-order valence-electron chi connectivity index (χ3n) is 2.83. The van der Waals surface area contributed by atoms with Gasteiger partial charge in [0.05, 0.1) is 13.2 Å². The lowest BCUT2D eigenvalue weighted by atomic mass is 10.2. The average Bonchev–Trinajstić information content (AvgIpc) is 2.68. The maximum absolute atomic E-state index is 11.9. The van der Waals surface area contributed by atoms with Crippen molar-refractivity contribution < 1.29 is 9.53 Å². The Morgan fingerprint density at radius 1 is 1.40 bits per heavy atom. The molecule has 0 spiro atoms. The van der Waals surface area contributed by atoms with Gasteiger partial charge in [-0.1, -0.05) is 0 Å². The lowest BCUT2D eigenvalue weighted by molar-refractivity contribution is 0.00902. The summed E-state index contributed by atoms with van der Waals surface area (Å²) in [6.45, 7) is 1.81. The van der Waals surface area contributed by atoms with Crippen LogP contribution in [0, 0.1) is 0 Å². The molecule has 2 aliphatic rings. The molecule has 3 rings (SSSR count). The van der Waals surface area contributed by atoms with E-state index in [0.29, 0.717) is 25.4 Å². The summed E-state index contributed by atoms with van der Waals surface area (Å²) in [6, 6.07) is 2.85. The van der Waals surface area contributed by atoms with Crippen LogP contribution in [0.15, 0.2) is 23.1 Å². The smallest absolute Gasteiger partial charge is 0.272 e. The highest BCUT2D eigenvalue weighted by atomic mass is 16.5. The SMILES string of the molecule is O=C1c2cc(=O)ccn2CC2OCCN12. The number of carbonyl (C=O) groups excluding carboxylic acids is 1. The first kappa shape index (κ1) is 8.67. The number of nitrogens with zero attached hydrogens (tertiary/aromatic N) is 2. The molecule has 5 heteroatoms. The molecule has 78 valence electrons. The van der Waals surface area contributed by atoms with Gasteiger partial charge in [0.2, 0.25) is 0 Å². The van der Waals surface area contributed by atoms with Gasteiger partial charge in [-0.15, -0.1) is 0 Å². The molecule has 1 unspecified atom stereocenters. The van der Waals surface area contributed by atoms with Crippen molar-refractivity contribution in [1.82, 2.24) is 9.47 Å². The van der Waals surface area contributed by atoms with Crippen LogP contribution in [0.5, 0.6) is 0 Å². The van der Waals surface area contributed by atoms with E-state index in [1.54, 1.807) is 15.7 Å². The van der Waals surface area contributed by atoms with E-state index in [0.717, 1.165) is 0 Å². The number of aromatic nitrogens is 1. The van der Waals surface area contributed by atoms with E-state index < -0.39 is 0 Å². The van der Waals surface area contributed by atoms with E-state index in [4.69, 9.17) is 4.74 Å². The van der Waals surface area contributed by atoms with Crippen LogP contribution in [-0.2, 0) is 11.3 Å². The number of rotatable bonds is 0. The number of amides is 1. The zero-order chi connectivity index (χ0) is 10.4. The minimum Gasteiger partial charge on any atom is -0.355 e. The second-order valence-electron chi connectivity index (χ2n) is 3.72. The molecule has 0 aromatic carbocycles. The summed E-state index contributed by atoms with van der Waals surface area (Å²) in [5.41, 5.74) is 0.331. The molecule has 15 heavy (non-hydrogen) atoms. The molecule has 0 N–H and O–H groups in total. The summed E-state index contributed by atoms with van der Waals surface area (Å²) in [7, 11) is 0. The van der Waals surface area contributed by atoms with Crippen LogP contribution in [0.3, 0.4) is 0 Å². The molecule has 0 radical (unpaired) electrons. The predicted octanol–water partition coefficient (Wildman–Crippen LogP) is -0.340. The van der Waals surface area contributed by atoms with E-state index in [1.165, 1.54) is 12.1 Å². The predicted molar refractivity (Wildman–Crippen MR) is 51.5 cm³/mol. The zero-order valence-corrected chi connectivity index (χ0v) is 8.05. The fourth-order valence-corrected chi connectivity index (χ4v) is 2.07. The van der Waals surface area contributed by atoms with Crippen LogP contribution < -0.4 is 5.43 Å². The van der Waals surface area contributed by atoms with E-state index in [2.05, 4.69) is 0 Å². The molecule has 0 saturated carbocycles. The van der Waals surface area contributed by atoms with E-state index in [-0.39, 0.29) is 17.6 Å². The van der Waals surface area contributed by atoms with Crippen molar-refractivity contribution in [2.24, 2.45) is 0 Å². The van der Waals surface area contributed by atoms with Crippen LogP contribution in [0.2, 0.25) is 0 Å². The molecule has 2 aliphatic heterocycles. The molecular formula is C10H10N2O3. The summed E-state index contributed by atoms with van der Waals surface area (Å²) in [4.78, 5) is 24.8. The van der Waals surface area contributed by atoms with Crippen molar-refractivity contribution >= 4 is 5.91 Å². The highest BCUT2D eigenvalue weighted by Gasteiger charge is 2.35. The van der Waals surface area contributed by atoms with Gasteiger partial charge in [-0.25, -0.2) is 0 Å². The third-order valence-corrected chi connectivity index (χ3v) is 2.83. The van der Waals surface area contributed by atoms with E-state index in [9.17, 15) is 9.59 Å². The summed E-state index contributed by atoms with van der Waals surface area (Å²) >= 11 is 0. The maximum Gasteiger partial charge on any atom is 0.272 e. The van der Waals surface area contributed by atoms with Gasteiger partial charge in [0.15, 0.2) is 11.7 Å². The molecule has 3 heterocycles. The topological polar surface area (TPSA) is 51.5 Å².